The van der Waals surface area contributed by atoms with Gasteiger partial charge in [-0.15, -0.1) is 34.7 Å². The third-order valence-corrected chi connectivity index (χ3v) is 14.8. The summed E-state index contributed by atoms with van der Waals surface area (Å²) in [6, 6.07) is 54.5. The van der Waals surface area contributed by atoms with Crippen LogP contribution in [0.25, 0.3) is 0 Å². The van der Waals surface area contributed by atoms with E-state index in [1.807, 2.05) is 152 Å². The van der Waals surface area contributed by atoms with Gasteiger partial charge in [0.15, 0.2) is 16.9 Å². The summed E-state index contributed by atoms with van der Waals surface area (Å²) in [4.78, 5) is 69.2. The fraction of sp³-hybridized carbons (Fsp3) is 0.193. The van der Waals surface area contributed by atoms with E-state index in [1.165, 1.54) is 41.8 Å². The first kappa shape index (κ1) is 50.2. The number of alkyl halides is 1. The van der Waals surface area contributed by atoms with Crippen molar-refractivity contribution in [1.29, 1.82) is 0 Å². The van der Waals surface area contributed by atoms with Crippen LogP contribution in [0.3, 0.4) is 0 Å². The van der Waals surface area contributed by atoms with Gasteiger partial charge in [0.25, 0.3) is 11.8 Å². The standard InChI is InChI=1S/C57H50ClN5O8S2/c1-56(2,54(67)70-49(38-19-9-4-10-20-38)39-21-11-5-12-22-39)71-62-46(45-36-73-55(59-45)61-57(41-23-13-6-14-24-41,42-25-15-7-16-26-42)43-27-17-8-18-28-43)50(64)60-47-51(65)63-48(40(33-58)35-72-52(47)63)53(66)69-34-37-29-31-44(68-3)32-30-37/h4-32,36,47,49,52H,33-35H2,1-3H3,(H,59,61)(H,60,64)/b62-46-/t47-,52-/m1/s1. The lowest BCUT2D eigenvalue weighted by Crippen LogP contribution is -2.71. The van der Waals surface area contributed by atoms with Gasteiger partial charge >= 0.3 is 11.9 Å². The van der Waals surface area contributed by atoms with E-state index in [0.29, 0.717) is 27.8 Å². The Kier molecular flexibility index (Phi) is 15.4. The number of aromatic nitrogens is 1. The summed E-state index contributed by atoms with van der Waals surface area (Å²) in [5, 5.41) is 12.3. The van der Waals surface area contributed by atoms with Crippen molar-refractivity contribution in [2.75, 3.05) is 24.1 Å². The number of fused-ring (bicyclic) bond motifs is 1. The number of hydrogen-bond acceptors (Lipinski definition) is 13. The number of anilines is 1. The lowest BCUT2D eigenvalue weighted by Gasteiger charge is -2.49. The van der Waals surface area contributed by atoms with Crippen LogP contribution in [0.4, 0.5) is 5.13 Å². The topological polar surface area (TPSA) is 158 Å². The molecule has 2 aliphatic heterocycles. The van der Waals surface area contributed by atoms with Crippen LogP contribution in [0.5, 0.6) is 5.75 Å². The molecular formula is C57H50ClN5O8S2. The fourth-order valence-corrected chi connectivity index (χ4v) is 11.0. The molecule has 0 radical (unpaired) electrons. The zero-order chi connectivity index (χ0) is 51.0. The van der Waals surface area contributed by atoms with E-state index in [-0.39, 0.29) is 29.6 Å². The second kappa shape index (κ2) is 22.4. The summed E-state index contributed by atoms with van der Waals surface area (Å²) < 4.78 is 17.1. The second-order valence-corrected chi connectivity index (χ2v) is 19.8. The van der Waals surface area contributed by atoms with Crippen LogP contribution < -0.4 is 15.4 Å². The third-order valence-electron chi connectivity index (χ3n) is 12.4. The maximum atomic E-state index is 14.8. The van der Waals surface area contributed by atoms with Crippen LogP contribution in [0.2, 0.25) is 0 Å². The van der Waals surface area contributed by atoms with E-state index < -0.39 is 52.4 Å². The van der Waals surface area contributed by atoms with Crippen molar-refractivity contribution in [3.05, 3.63) is 232 Å². The van der Waals surface area contributed by atoms with Gasteiger partial charge in [-0.05, 0) is 64.9 Å². The molecule has 73 heavy (non-hydrogen) atoms. The molecule has 13 nitrogen and oxygen atoms in total. The summed E-state index contributed by atoms with van der Waals surface area (Å²) in [5.74, 6) is -1.91. The molecule has 1 fully saturated rings. The van der Waals surface area contributed by atoms with E-state index in [2.05, 4.69) is 15.8 Å². The molecule has 2 N–H and O–H groups in total. The number of halogens is 1. The minimum atomic E-state index is -1.75. The first-order valence-electron chi connectivity index (χ1n) is 23.3. The molecule has 9 rings (SSSR count). The monoisotopic (exact) mass is 1030 g/mol. The summed E-state index contributed by atoms with van der Waals surface area (Å²) in [5.41, 5.74) is 2.60. The Bertz CT molecular complexity index is 2990. The maximum absolute atomic E-state index is 14.8. The average Bonchev–Trinajstić information content (AvgIpc) is 3.91. The van der Waals surface area contributed by atoms with Gasteiger partial charge in [-0.1, -0.05) is 169 Å². The number of methoxy groups -OCH3 is 1. The number of carbonyl (C=O) groups excluding carboxylic acids is 4. The molecule has 370 valence electrons. The number of rotatable bonds is 19. The third kappa shape index (κ3) is 10.8. The number of amides is 2. The van der Waals surface area contributed by atoms with Crippen molar-refractivity contribution in [3.63, 3.8) is 0 Å². The Balaban J connectivity index is 1.02. The molecule has 2 atom stereocenters. The summed E-state index contributed by atoms with van der Waals surface area (Å²) in [7, 11) is 1.56. The summed E-state index contributed by atoms with van der Waals surface area (Å²) >= 11 is 8.92. The number of thiazole rings is 1. The van der Waals surface area contributed by atoms with Crippen LogP contribution in [0.15, 0.2) is 198 Å². The fourth-order valence-electron chi connectivity index (χ4n) is 8.54. The molecule has 1 aromatic heterocycles. The minimum absolute atomic E-state index is 0.0163. The Labute approximate surface area is 436 Å². The van der Waals surface area contributed by atoms with Gasteiger partial charge in [0.1, 0.15) is 40.7 Å². The number of ether oxygens (including phenoxy) is 3. The number of esters is 2. The molecule has 1 saturated heterocycles. The van der Waals surface area contributed by atoms with Gasteiger partial charge in [-0.25, -0.2) is 14.6 Å². The summed E-state index contributed by atoms with van der Waals surface area (Å²) in [6.07, 6.45) is -0.783. The maximum Gasteiger partial charge on any atom is 0.355 e. The van der Waals surface area contributed by atoms with Gasteiger partial charge in [0.2, 0.25) is 5.60 Å². The molecule has 0 aliphatic carbocycles. The van der Waals surface area contributed by atoms with E-state index in [4.69, 9.17) is 35.6 Å². The first-order valence-corrected chi connectivity index (χ1v) is 25.8. The highest BCUT2D eigenvalue weighted by Crippen LogP contribution is 2.43. The number of oxime groups is 1. The van der Waals surface area contributed by atoms with Gasteiger partial charge in [0, 0.05) is 17.0 Å². The van der Waals surface area contributed by atoms with Crippen molar-refractivity contribution >= 4 is 69.3 Å². The summed E-state index contributed by atoms with van der Waals surface area (Å²) in [6.45, 7) is 2.93. The first-order chi connectivity index (χ1) is 35.5. The predicted molar refractivity (Wildman–Crippen MR) is 283 cm³/mol. The smallest absolute Gasteiger partial charge is 0.355 e. The highest BCUT2D eigenvalue weighted by atomic mass is 35.5. The van der Waals surface area contributed by atoms with E-state index >= 15 is 0 Å². The van der Waals surface area contributed by atoms with E-state index in [1.54, 1.807) is 36.8 Å². The number of β-lactam (4-membered cyclic amide) rings is 1. The van der Waals surface area contributed by atoms with Crippen LogP contribution in [-0.4, -0.2) is 75.1 Å². The zero-order valence-electron chi connectivity index (χ0n) is 40.0. The number of carbonyl (C=O) groups is 4. The molecule has 0 unspecified atom stereocenters. The quantitative estimate of drug-likeness (QED) is 0.0198. The molecule has 16 heteroatoms. The van der Waals surface area contributed by atoms with E-state index in [0.717, 1.165) is 27.8 Å². The van der Waals surface area contributed by atoms with Crippen molar-refractivity contribution in [2.24, 2.45) is 5.16 Å². The number of nitrogens with one attached hydrogen (secondary N) is 2. The molecule has 0 spiro atoms. The Hall–Kier alpha value is -7.72. The zero-order valence-corrected chi connectivity index (χ0v) is 42.4. The Morgan fingerprint density at radius 1 is 0.781 bits per heavy atom. The molecule has 2 amide bonds. The highest BCUT2D eigenvalue weighted by Gasteiger charge is 2.55. The molecule has 2 aliphatic rings. The minimum Gasteiger partial charge on any atom is -0.497 e. The largest absolute Gasteiger partial charge is 0.497 e. The van der Waals surface area contributed by atoms with Gasteiger partial charge in [-0.2, -0.15) is 0 Å². The normalized spacial score (nSPS) is 15.7. The SMILES string of the molecule is COc1ccc(COC(=O)C2=C(CCl)CS[C@@H]3[C@H](NC(=O)/C(=N\OC(C)(C)C(=O)OC(c4ccccc4)c4ccccc4)c4csc(NC(c5ccccc5)(c5ccccc5)c5ccccc5)n4)C(=O)N23)cc1. The molecule has 0 bridgehead atoms. The number of nitrogens with zero attached hydrogens (tertiary/aromatic N) is 3. The van der Waals surface area contributed by atoms with Crippen molar-refractivity contribution < 1.29 is 38.2 Å². The second-order valence-electron chi connectivity index (χ2n) is 17.5. The molecule has 6 aromatic carbocycles. The lowest BCUT2D eigenvalue weighted by molar-refractivity contribution is -0.172. The molecule has 3 heterocycles. The highest BCUT2D eigenvalue weighted by molar-refractivity contribution is 8.00. The Morgan fingerprint density at radius 3 is 1.84 bits per heavy atom. The van der Waals surface area contributed by atoms with Crippen molar-refractivity contribution in [1.82, 2.24) is 15.2 Å². The van der Waals surface area contributed by atoms with Gasteiger partial charge in [-0.3, -0.25) is 14.5 Å². The van der Waals surface area contributed by atoms with E-state index in [9.17, 15) is 19.2 Å². The number of hydrogen-bond donors (Lipinski definition) is 2. The van der Waals surface area contributed by atoms with Crippen LogP contribution >= 0.6 is 34.7 Å². The van der Waals surface area contributed by atoms with Gasteiger partial charge in [0.05, 0.1) is 7.11 Å². The van der Waals surface area contributed by atoms with Crippen LogP contribution in [0, 0.1) is 0 Å². The molecular weight excluding hydrogens is 982 g/mol. The average molecular weight is 1030 g/mol. The Morgan fingerprint density at radius 2 is 1.32 bits per heavy atom. The van der Waals surface area contributed by atoms with Crippen LogP contribution in [-0.2, 0) is 45.6 Å². The predicted octanol–water partition coefficient (Wildman–Crippen LogP) is 10.0. The molecule has 0 saturated carbocycles. The van der Waals surface area contributed by atoms with Crippen molar-refractivity contribution in [2.45, 2.75) is 49.1 Å². The van der Waals surface area contributed by atoms with Gasteiger partial charge < -0.3 is 29.7 Å². The van der Waals surface area contributed by atoms with Crippen molar-refractivity contribution in [3.8, 4) is 5.75 Å². The lowest BCUT2D eigenvalue weighted by atomic mass is 9.77. The van der Waals surface area contributed by atoms with Crippen LogP contribution in [0.1, 0.15) is 59.0 Å². The molecule has 7 aromatic rings. The number of benzene rings is 6. The number of thioether (sulfide) groups is 1.